The maximum atomic E-state index is 13.7. The molecule has 0 aromatic carbocycles. The van der Waals surface area contributed by atoms with Gasteiger partial charge in [0, 0.05) is 0 Å². The Hall–Kier alpha value is 0.576. The van der Waals surface area contributed by atoms with Crippen molar-refractivity contribution in [1.82, 2.24) is 0 Å². The van der Waals surface area contributed by atoms with Crippen molar-refractivity contribution >= 4 is 14.7 Å². The van der Waals surface area contributed by atoms with Gasteiger partial charge in [0.2, 0.25) is 0 Å². The van der Waals surface area contributed by atoms with Crippen molar-refractivity contribution in [3.63, 3.8) is 0 Å². The second kappa shape index (κ2) is 10.2. The van der Waals surface area contributed by atoms with Gasteiger partial charge in [-0.1, -0.05) is 0 Å². The van der Waals surface area contributed by atoms with Gasteiger partial charge in [-0.15, -0.1) is 0 Å². The summed E-state index contributed by atoms with van der Waals surface area (Å²) in [4.78, 5) is 0. The van der Waals surface area contributed by atoms with Gasteiger partial charge in [0.1, 0.15) is 0 Å². The Morgan fingerprint density at radius 2 is 1.32 bits per heavy atom. The molecule has 1 aliphatic carbocycles. The van der Waals surface area contributed by atoms with E-state index in [0.717, 1.165) is 0 Å². The third kappa shape index (κ3) is 6.60. The van der Waals surface area contributed by atoms with Gasteiger partial charge in [-0.25, -0.2) is 0 Å². The molecule has 0 heterocycles. The molecule has 0 bridgehead atoms. The van der Waals surface area contributed by atoms with Crippen LogP contribution in [0, 0.1) is 0 Å². The standard InChI is InChI=1S/C5H4F3Ge.3C4H9O.Zr/c6-9(7,8)5-3-1-2-4-5;3*1-3-4(2)5;/h1,3H,2H2;3*4H,3H2,1-2H3;/q;3*-1;+3. The first-order valence-electron chi connectivity index (χ1n) is 9.10. The Kier molecular flexibility index (Phi) is 9.65. The van der Waals surface area contributed by atoms with Crippen LogP contribution in [0.3, 0.4) is 0 Å². The van der Waals surface area contributed by atoms with E-state index in [1.165, 1.54) is 6.08 Å². The normalized spacial score (nSPS) is 21.3. The molecular weight excluding hydrogens is 473 g/mol. The number of hydrogen-bond donors (Lipinski definition) is 0. The summed E-state index contributed by atoms with van der Waals surface area (Å²) in [5, 5.41) is 0. The fourth-order valence-corrected chi connectivity index (χ4v) is 16.2. The van der Waals surface area contributed by atoms with Crippen LogP contribution in [0.25, 0.3) is 0 Å². The van der Waals surface area contributed by atoms with Gasteiger partial charge in [0.15, 0.2) is 0 Å². The first-order valence-corrected chi connectivity index (χ1v) is 16.8. The van der Waals surface area contributed by atoms with Crippen LogP contribution in [0.4, 0.5) is 10.5 Å². The summed E-state index contributed by atoms with van der Waals surface area (Å²) in [7, 11) is 0. The van der Waals surface area contributed by atoms with Crippen LogP contribution in [0.1, 0.15) is 67.2 Å². The van der Waals surface area contributed by atoms with Crippen molar-refractivity contribution in [2.24, 2.45) is 0 Å². The van der Waals surface area contributed by atoms with Crippen molar-refractivity contribution in [2.45, 2.75) is 85.5 Å². The molecule has 0 radical (unpaired) electrons. The first kappa shape index (κ1) is 23.6. The molecule has 0 spiro atoms. The molecule has 8 heteroatoms. The molecule has 3 unspecified atom stereocenters. The Morgan fingerprint density at radius 1 is 0.920 bits per heavy atom. The summed E-state index contributed by atoms with van der Waals surface area (Å²) in [5.74, 6) is 0. The molecule has 3 nitrogen and oxygen atoms in total. The number of rotatable bonds is 11. The van der Waals surface area contributed by atoms with E-state index in [-0.39, 0.29) is 24.7 Å². The van der Waals surface area contributed by atoms with Crippen molar-refractivity contribution < 1.29 is 40.5 Å². The van der Waals surface area contributed by atoms with E-state index in [0.29, 0.717) is 22.5 Å². The van der Waals surface area contributed by atoms with Gasteiger partial charge < -0.3 is 0 Å². The quantitative estimate of drug-likeness (QED) is 0.327. The monoisotopic (exact) mass is 504 g/mol. The Labute approximate surface area is 160 Å². The minimum absolute atomic E-state index is 0.195. The maximum absolute atomic E-state index is 13.7. The SMILES string of the molecule is CCC(C)[O][Zr]([O]C(C)CC)([O]C(C)CC)[C]1=[C]([Ge]([F])([F])[F])C=CC1. The molecule has 0 aliphatic heterocycles. The van der Waals surface area contributed by atoms with Crippen LogP contribution in [0.5, 0.6) is 0 Å². The molecule has 1 aliphatic rings. The van der Waals surface area contributed by atoms with Crippen LogP contribution < -0.4 is 0 Å². The van der Waals surface area contributed by atoms with Crippen LogP contribution in [0.2, 0.25) is 0 Å². The van der Waals surface area contributed by atoms with Crippen molar-refractivity contribution in [2.75, 3.05) is 0 Å². The van der Waals surface area contributed by atoms with E-state index in [9.17, 15) is 10.5 Å². The molecule has 3 atom stereocenters. The van der Waals surface area contributed by atoms with Crippen molar-refractivity contribution in [3.8, 4) is 0 Å². The number of hydrogen-bond acceptors (Lipinski definition) is 3. The predicted molar refractivity (Wildman–Crippen MR) is 92.4 cm³/mol. The molecule has 0 fully saturated rings. The zero-order chi connectivity index (χ0) is 19.3. The van der Waals surface area contributed by atoms with Gasteiger partial charge in [0.05, 0.1) is 0 Å². The summed E-state index contributed by atoms with van der Waals surface area (Å²) in [6, 6.07) is 0. The fourth-order valence-electron chi connectivity index (χ4n) is 2.40. The Morgan fingerprint density at radius 3 is 1.64 bits per heavy atom. The summed E-state index contributed by atoms with van der Waals surface area (Å²) < 4.78 is 59.8. The van der Waals surface area contributed by atoms with Crippen LogP contribution in [0.15, 0.2) is 19.8 Å². The van der Waals surface area contributed by atoms with Gasteiger partial charge in [-0.05, 0) is 0 Å². The molecule has 0 saturated carbocycles. The Bertz CT molecular complexity index is 463. The van der Waals surface area contributed by atoms with E-state index < -0.39 is 40.7 Å². The van der Waals surface area contributed by atoms with Gasteiger partial charge in [-0.3, -0.25) is 0 Å². The third-order valence-electron chi connectivity index (χ3n) is 4.40. The van der Waals surface area contributed by atoms with Crippen molar-refractivity contribution in [1.29, 1.82) is 0 Å². The second-order valence-electron chi connectivity index (χ2n) is 6.56. The van der Waals surface area contributed by atoms with E-state index in [1.54, 1.807) is 6.08 Å². The molecule has 0 aromatic rings. The van der Waals surface area contributed by atoms with E-state index in [2.05, 4.69) is 0 Å². The zero-order valence-electron chi connectivity index (χ0n) is 16.1. The number of allylic oxidation sites excluding steroid dienone is 4. The molecule has 1 rings (SSSR count). The molecule has 0 aromatic heterocycles. The molecule has 0 amide bonds. The fraction of sp³-hybridized carbons (Fsp3) is 0.765. The molecular formula is C17H31F3GeO3Zr. The molecule has 0 N–H and O–H groups in total. The minimum atomic E-state index is -6.52. The summed E-state index contributed by atoms with van der Waals surface area (Å²) in [6.45, 7) is 11.5. The average Bonchev–Trinajstić information content (AvgIpc) is 3.04. The van der Waals surface area contributed by atoms with Crippen molar-refractivity contribution in [3.05, 3.63) is 19.8 Å². The van der Waals surface area contributed by atoms with Crippen LogP contribution in [-0.2, 0) is 30.0 Å². The molecule has 146 valence electrons. The summed E-state index contributed by atoms with van der Waals surface area (Å²) >= 11 is -11.1. The second-order valence-corrected chi connectivity index (χ2v) is 15.7. The zero-order valence-corrected chi connectivity index (χ0v) is 20.6. The summed E-state index contributed by atoms with van der Waals surface area (Å²) in [6.07, 6.45) is 4.56. The predicted octanol–water partition coefficient (Wildman–Crippen LogP) is 5.93. The molecule has 0 saturated heterocycles. The first-order chi connectivity index (χ1) is 11.6. The average molecular weight is 504 g/mol. The number of halogens is 3. The summed E-state index contributed by atoms with van der Waals surface area (Å²) in [5.41, 5.74) is 0. The Balaban J connectivity index is 3.45. The van der Waals surface area contributed by atoms with Crippen LogP contribution >= 0.6 is 0 Å². The van der Waals surface area contributed by atoms with E-state index >= 15 is 0 Å². The van der Waals surface area contributed by atoms with E-state index in [4.69, 9.17) is 8.44 Å². The topological polar surface area (TPSA) is 27.7 Å². The van der Waals surface area contributed by atoms with Gasteiger partial charge in [-0.2, -0.15) is 0 Å². The van der Waals surface area contributed by atoms with Crippen LogP contribution in [-0.4, -0.2) is 33.0 Å². The third-order valence-corrected chi connectivity index (χ3v) is 16.2. The molecule has 25 heavy (non-hydrogen) atoms. The van der Waals surface area contributed by atoms with E-state index in [1.807, 2.05) is 41.5 Å². The van der Waals surface area contributed by atoms with Gasteiger partial charge >= 0.3 is 161 Å². The van der Waals surface area contributed by atoms with Gasteiger partial charge in [0.25, 0.3) is 0 Å².